The van der Waals surface area contributed by atoms with Crippen LogP contribution in [0.4, 0.5) is 0 Å². The van der Waals surface area contributed by atoms with E-state index in [1.165, 1.54) is 4.90 Å². The molecule has 0 aromatic rings. The van der Waals surface area contributed by atoms with Crippen LogP contribution >= 0.6 is 0 Å². The van der Waals surface area contributed by atoms with Crippen LogP contribution in [0.2, 0.25) is 0 Å². The lowest BCUT2D eigenvalue weighted by Gasteiger charge is -2.19. The Hall–Kier alpha value is -1.36. The van der Waals surface area contributed by atoms with Gasteiger partial charge in [-0.1, -0.05) is 13.0 Å². The number of rotatable bonds is 4. The minimum Gasteiger partial charge on any atom is -0.481 e. The SMILES string of the molecule is C=CCC(N)C(=O)N1CC(C)C(C(=O)O)C1. The summed E-state index contributed by atoms with van der Waals surface area (Å²) in [6.45, 7) is 6.10. The minimum absolute atomic E-state index is 0.0163. The highest BCUT2D eigenvalue weighted by atomic mass is 16.4. The normalized spacial score (nSPS) is 26.5. The summed E-state index contributed by atoms with van der Waals surface area (Å²) in [6.07, 6.45) is 2.01. The zero-order valence-electron chi connectivity index (χ0n) is 9.43. The molecule has 5 nitrogen and oxygen atoms in total. The van der Waals surface area contributed by atoms with Crippen LogP contribution in [-0.4, -0.2) is 41.0 Å². The van der Waals surface area contributed by atoms with E-state index >= 15 is 0 Å². The lowest BCUT2D eigenvalue weighted by atomic mass is 9.99. The van der Waals surface area contributed by atoms with Crippen LogP contribution in [0.3, 0.4) is 0 Å². The van der Waals surface area contributed by atoms with Crippen molar-refractivity contribution in [3.63, 3.8) is 0 Å². The van der Waals surface area contributed by atoms with Crippen molar-refractivity contribution in [1.82, 2.24) is 4.90 Å². The van der Waals surface area contributed by atoms with Crippen LogP contribution in [0, 0.1) is 11.8 Å². The molecule has 0 aromatic heterocycles. The molecule has 0 saturated carbocycles. The van der Waals surface area contributed by atoms with E-state index in [9.17, 15) is 9.59 Å². The zero-order chi connectivity index (χ0) is 12.3. The maximum absolute atomic E-state index is 11.8. The monoisotopic (exact) mass is 226 g/mol. The second kappa shape index (κ2) is 5.12. The lowest BCUT2D eigenvalue weighted by molar-refractivity contribution is -0.142. The number of likely N-dealkylation sites (tertiary alicyclic amines) is 1. The van der Waals surface area contributed by atoms with Gasteiger partial charge in [-0.2, -0.15) is 0 Å². The third kappa shape index (κ3) is 2.61. The van der Waals surface area contributed by atoms with Gasteiger partial charge in [-0.05, 0) is 12.3 Å². The second-order valence-corrected chi connectivity index (χ2v) is 4.30. The van der Waals surface area contributed by atoms with Crippen molar-refractivity contribution in [2.75, 3.05) is 13.1 Å². The molecule has 0 spiro atoms. The Bertz CT molecular complexity index is 304. The smallest absolute Gasteiger partial charge is 0.308 e. The summed E-state index contributed by atoms with van der Waals surface area (Å²) in [5.41, 5.74) is 5.66. The van der Waals surface area contributed by atoms with Gasteiger partial charge in [0.25, 0.3) is 0 Å². The number of carboxylic acid groups (broad SMARTS) is 1. The van der Waals surface area contributed by atoms with E-state index in [0.717, 1.165) is 0 Å². The highest BCUT2D eigenvalue weighted by molar-refractivity contribution is 5.83. The Balaban J connectivity index is 2.61. The van der Waals surface area contributed by atoms with Crippen molar-refractivity contribution in [3.05, 3.63) is 12.7 Å². The Kier molecular flexibility index (Phi) is 4.06. The van der Waals surface area contributed by atoms with Gasteiger partial charge >= 0.3 is 5.97 Å². The number of carbonyl (C=O) groups is 2. The van der Waals surface area contributed by atoms with Crippen LogP contribution in [0.5, 0.6) is 0 Å². The Morgan fingerprint density at radius 3 is 2.69 bits per heavy atom. The standard InChI is InChI=1S/C11H18N2O3/c1-3-4-9(12)10(14)13-5-7(2)8(6-13)11(15)16/h3,7-9H,1,4-6,12H2,2H3,(H,15,16). The van der Waals surface area contributed by atoms with Crippen molar-refractivity contribution in [3.8, 4) is 0 Å². The Labute approximate surface area is 94.9 Å². The van der Waals surface area contributed by atoms with Gasteiger partial charge in [0.05, 0.1) is 12.0 Å². The van der Waals surface area contributed by atoms with E-state index in [0.29, 0.717) is 13.0 Å². The van der Waals surface area contributed by atoms with Gasteiger partial charge in [0.2, 0.25) is 5.91 Å². The van der Waals surface area contributed by atoms with Crippen LogP contribution in [0.1, 0.15) is 13.3 Å². The molecule has 1 rings (SSSR count). The first-order valence-corrected chi connectivity index (χ1v) is 5.35. The summed E-state index contributed by atoms with van der Waals surface area (Å²) in [7, 11) is 0. The van der Waals surface area contributed by atoms with Gasteiger partial charge in [0, 0.05) is 13.1 Å². The number of aliphatic carboxylic acids is 1. The summed E-state index contributed by atoms with van der Waals surface area (Å²) in [5.74, 6) is -1.52. The lowest BCUT2D eigenvalue weighted by Crippen LogP contribution is -2.42. The number of hydrogen-bond donors (Lipinski definition) is 2. The van der Waals surface area contributed by atoms with Gasteiger partial charge in [-0.25, -0.2) is 0 Å². The van der Waals surface area contributed by atoms with Crippen LogP contribution in [0.25, 0.3) is 0 Å². The van der Waals surface area contributed by atoms with E-state index in [1.807, 2.05) is 6.92 Å². The summed E-state index contributed by atoms with van der Waals surface area (Å²) < 4.78 is 0. The molecule has 0 bridgehead atoms. The number of carbonyl (C=O) groups excluding carboxylic acids is 1. The van der Waals surface area contributed by atoms with Crippen LogP contribution in [-0.2, 0) is 9.59 Å². The predicted octanol–water partition coefficient (Wildman–Crippen LogP) is 0.0689. The molecule has 3 N–H and O–H groups in total. The molecule has 1 amide bonds. The molecule has 0 aliphatic carbocycles. The van der Waals surface area contributed by atoms with Gasteiger partial charge in [0.15, 0.2) is 0 Å². The third-order valence-electron chi connectivity index (χ3n) is 2.98. The molecule has 1 aliphatic heterocycles. The van der Waals surface area contributed by atoms with E-state index in [2.05, 4.69) is 6.58 Å². The van der Waals surface area contributed by atoms with Crippen molar-refractivity contribution in [2.45, 2.75) is 19.4 Å². The molecule has 3 unspecified atom stereocenters. The summed E-state index contributed by atoms with van der Waals surface area (Å²) >= 11 is 0. The maximum atomic E-state index is 11.8. The number of carboxylic acids is 1. The largest absolute Gasteiger partial charge is 0.481 e. The first-order valence-electron chi connectivity index (χ1n) is 5.35. The quantitative estimate of drug-likeness (QED) is 0.664. The molecule has 3 atom stereocenters. The molecule has 16 heavy (non-hydrogen) atoms. The van der Waals surface area contributed by atoms with Crippen molar-refractivity contribution >= 4 is 11.9 Å². The molecule has 1 heterocycles. The molecular weight excluding hydrogens is 208 g/mol. The van der Waals surface area contributed by atoms with Crippen LogP contribution in [0.15, 0.2) is 12.7 Å². The molecule has 5 heteroatoms. The first kappa shape index (κ1) is 12.7. The summed E-state index contributed by atoms with van der Waals surface area (Å²) in [5, 5.41) is 8.94. The molecule has 0 radical (unpaired) electrons. The van der Waals surface area contributed by atoms with Gasteiger partial charge in [0.1, 0.15) is 0 Å². The van der Waals surface area contributed by atoms with Crippen molar-refractivity contribution in [2.24, 2.45) is 17.6 Å². The predicted molar refractivity (Wildman–Crippen MR) is 59.7 cm³/mol. The average Bonchev–Trinajstić information content (AvgIpc) is 2.59. The average molecular weight is 226 g/mol. The topological polar surface area (TPSA) is 83.6 Å². The van der Waals surface area contributed by atoms with Crippen molar-refractivity contribution in [1.29, 1.82) is 0 Å². The number of nitrogens with zero attached hydrogens (tertiary/aromatic N) is 1. The molecule has 0 aromatic carbocycles. The van der Waals surface area contributed by atoms with Gasteiger partial charge in [-0.15, -0.1) is 6.58 Å². The molecular formula is C11H18N2O3. The van der Waals surface area contributed by atoms with Crippen LogP contribution < -0.4 is 5.73 Å². The first-order chi connectivity index (χ1) is 7.47. The summed E-state index contributed by atoms with van der Waals surface area (Å²) in [6, 6.07) is -0.600. The molecule has 1 fully saturated rings. The highest BCUT2D eigenvalue weighted by Gasteiger charge is 2.37. The van der Waals surface area contributed by atoms with E-state index in [4.69, 9.17) is 10.8 Å². The Morgan fingerprint density at radius 1 is 1.62 bits per heavy atom. The van der Waals surface area contributed by atoms with Gasteiger partial charge < -0.3 is 15.7 Å². The van der Waals surface area contributed by atoms with E-state index < -0.39 is 17.9 Å². The number of amides is 1. The number of nitrogens with two attached hydrogens (primary N) is 1. The fraction of sp³-hybridized carbons (Fsp3) is 0.636. The highest BCUT2D eigenvalue weighted by Crippen LogP contribution is 2.23. The fourth-order valence-corrected chi connectivity index (χ4v) is 1.98. The summed E-state index contributed by atoms with van der Waals surface area (Å²) in [4.78, 5) is 24.2. The molecule has 1 aliphatic rings. The fourth-order valence-electron chi connectivity index (χ4n) is 1.98. The molecule has 1 saturated heterocycles. The number of hydrogen-bond acceptors (Lipinski definition) is 3. The Morgan fingerprint density at radius 2 is 2.25 bits per heavy atom. The van der Waals surface area contributed by atoms with E-state index in [1.54, 1.807) is 6.08 Å². The second-order valence-electron chi connectivity index (χ2n) is 4.30. The third-order valence-corrected chi connectivity index (χ3v) is 2.98. The van der Waals surface area contributed by atoms with E-state index in [-0.39, 0.29) is 18.4 Å². The van der Waals surface area contributed by atoms with Crippen molar-refractivity contribution < 1.29 is 14.7 Å². The maximum Gasteiger partial charge on any atom is 0.308 e. The van der Waals surface area contributed by atoms with Gasteiger partial charge in [-0.3, -0.25) is 9.59 Å². The minimum atomic E-state index is -0.847. The molecule has 90 valence electrons. The zero-order valence-corrected chi connectivity index (χ0v) is 9.43.